The minimum Gasteiger partial charge on any atom is -0.496 e. The Hall–Kier alpha value is -1.11. The molecule has 0 aromatic heterocycles. The molecule has 0 amide bonds. The second kappa shape index (κ2) is 6.72. The Kier molecular flexibility index (Phi) is 5.58. The van der Waals surface area contributed by atoms with Gasteiger partial charge in [-0.2, -0.15) is 0 Å². The number of carboxylic acids is 1. The molecule has 0 aliphatic heterocycles. The van der Waals surface area contributed by atoms with Crippen molar-refractivity contribution in [3.05, 3.63) is 27.7 Å². The first-order chi connectivity index (χ1) is 8.54. The normalized spacial score (nSPS) is 12.2. The number of methoxy groups -OCH3 is 2. The van der Waals surface area contributed by atoms with E-state index in [9.17, 15) is 9.90 Å². The van der Waals surface area contributed by atoms with Gasteiger partial charge >= 0.3 is 5.97 Å². The van der Waals surface area contributed by atoms with Gasteiger partial charge in [0.25, 0.3) is 0 Å². The van der Waals surface area contributed by atoms with Crippen LogP contribution in [0.2, 0.25) is 0 Å². The van der Waals surface area contributed by atoms with Crippen molar-refractivity contribution in [2.24, 2.45) is 5.73 Å². The lowest BCUT2D eigenvalue weighted by atomic mass is 9.93. The highest BCUT2D eigenvalue weighted by atomic mass is 79.9. The molecule has 1 aromatic rings. The molecule has 6 heteroatoms. The lowest BCUT2D eigenvalue weighted by Gasteiger charge is -2.19. The van der Waals surface area contributed by atoms with E-state index in [1.165, 1.54) is 7.11 Å². The van der Waals surface area contributed by atoms with Crippen LogP contribution in [0.5, 0.6) is 5.75 Å². The van der Waals surface area contributed by atoms with Gasteiger partial charge in [-0.1, -0.05) is 15.9 Å². The van der Waals surface area contributed by atoms with Gasteiger partial charge in [-0.25, -0.2) is 0 Å². The third kappa shape index (κ3) is 3.22. The van der Waals surface area contributed by atoms with Crippen molar-refractivity contribution in [3.8, 4) is 5.75 Å². The van der Waals surface area contributed by atoms with Crippen LogP contribution in [0.4, 0.5) is 0 Å². The molecule has 0 saturated heterocycles. The number of rotatable bonds is 6. The quantitative estimate of drug-likeness (QED) is 0.835. The molecule has 18 heavy (non-hydrogen) atoms. The molecule has 1 atom stereocenters. The van der Waals surface area contributed by atoms with Crippen LogP contribution in [-0.2, 0) is 16.1 Å². The average molecular weight is 318 g/mol. The standard InChI is InChI=1S/C12H16BrNO4/c1-17-6-7-3-8(13)4-10(18-2)11(7)9(5-14)12(15)16/h3-4,9H,5-6,14H2,1-2H3,(H,15,16). The van der Waals surface area contributed by atoms with E-state index < -0.39 is 11.9 Å². The number of ether oxygens (including phenoxy) is 2. The first-order valence-corrected chi connectivity index (χ1v) is 6.12. The number of halogens is 1. The molecule has 1 aromatic carbocycles. The zero-order valence-electron chi connectivity index (χ0n) is 10.3. The molecule has 3 N–H and O–H groups in total. The van der Waals surface area contributed by atoms with Crippen LogP contribution in [-0.4, -0.2) is 31.8 Å². The Morgan fingerprint density at radius 1 is 1.50 bits per heavy atom. The lowest BCUT2D eigenvalue weighted by Crippen LogP contribution is -2.23. The maximum absolute atomic E-state index is 11.3. The fourth-order valence-corrected chi connectivity index (χ4v) is 2.31. The smallest absolute Gasteiger partial charge is 0.312 e. The van der Waals surface area contributed by atoms with E-state index in [0.29, 0.717) is 17.9 Å². The fourth-order valence-electron chi connectivity index (χ4n) is 1.83. The molecule has 100 valence electrons. The van der Waals surface area contributed by atoms with Crippen LogP contribution in [0.25, 0.3) is 0 Å². The van der Waals surface area contributed by atoms with Gasteiger partial charge in [0, 0.05) is 23.7 Å². The van der Waals surface area contributed by atoms with E-state index in [4.69, 9.17) is 15.2 Å². The van der Waals surface area contributed by atoms with Crippen molar-refractivity contribution in [1.82, 2.24) is 0 Å². The van der Waals surface area contributed by atoms with Gasteiger partial charge in [0.2, 0.25) is 0 Å². The fraction of sp³-hybridized carbons (Fsp3) is 0.417. The minimum absolute atomic E-state index is 0.00401. The number of carboxylic acid groups (broad SMARTS) is 1. The van der Waals surface area contributed by atoms with E-state index in [1.54, 1.807) is 13.2 Å². The van der Waals surface area contributed by atoms with Crippen molar-refractivity contribution in [3.63, 3.8) is 0 Å². The summed E-state index contributed by atoms with van der Waals surface area (Å²) in [4.78, 5) is 11.3. The van der Waals surface area contributed by atoms with E-state index in [-0.39, 0.29) is 6.54 Å². The highest BCUT2D eigenvalue weighted by molar-refractivity contribution is 9.10. The molecule has 0 fully saturated rings. The first-order valence-electron chi connectivity index (χ1n) is 5.33. The number of aliphatic carboxylic acids is 1. The Morgan fingerprint density at radius 2 is 2.17 bits per heavy atom. The van der Waals surface area contributed by atoms with E-state index in [2.05, 4.69) is 15.9 Å². The predicted octanol–water partition coefficient (Wildman–Crippen LogP) is 1.73. The lowest BCUT2D eigenvalue weighted by molar-refractivity contribution is -0.138. The van der Waals surface area contributed by atoms with Crippen LogP contribution in [0.1, 0.15) is 17.0 Å². The summed E-state index contributed by atoms with van der Waals surface area (Å²) in [7, 11) is 3.05. The molecular weight excluding hydrogens is 302 g/mol. The molecule has 0 spiro atoms. The molecule has 0 bridgehead atoms. The monoisotopic (exact) mass is 317 g/mol. The minimum atomic E-state index is -0.976. The zero-order valence-corrected chi connectivity index (χ0v) is 11.9. The molecule has 0 heterocycles. The molecule has 0 aliphatic carbocycles. The molecular formula is C12H16BrNO4. The molecule has 0 saturated carbocycles. The van der Waals surface area contributed by atoms with Crippen LogP contribution >= 0.6 is 15.9 Å². The highest BCUT2D eigenvalue weighted by Crippen LogP contribution is 2.34. The SMILES string of the molecule is COCc1cc(Br)cc(OC)c1C(CN)C(=O)O. The summed E-state index contributed by atoms with van der Waals surface area (Å²) in [5, 5.41) is 9.22. The van der Waals surface area contributed by atoms with Gasteiger partial charge in [0.15, 0.2) is 0 Å². The van der Waals surface area contributed by atoms with Gasteiger partial charge in [-0.3, -0.25) is 4.79 Å². The van der Waals surface area contributed by atoms with Crippen LogP contribution in [0.3, 0.4) is 0 Å². The summed E-state index contributed by atoms with van der Waals surface area (Å²) in [6.07, 6.45) is 0. The summed E-state index contributed by atoms with van der Waals surface area (Å²) in [5.74, 6) is -1.29. The second-order valence-electron chi connectivity index (χ2n) is 3.74. The number of hydrogen-bond donors (Lipinski definition) is 2. The molecule has 5 nitrogen and oxygen atoms in total. The van der Waals surface area contributed by atoms with Gasteiger partial charge in [0.05, 0.1) is 19.6 Å². The predicted molar refractivity (Wildman–Crippen MR) is 70.8 cm³/mol. The highest BCUT2D eigenvalue weighted by Gasteiger charge is 2.25. The third-order valence-corrected chi connectivity index (χ3v) is 3.05. The summed E-state index contributed by atoms with van der Waals surface area (Å²) in [6, 6.07) is 3.53. The zero-order chi connectivity index (χ0) is 13.7. The number of hydrogen-bond acceptors (Lipinski definition) is 4. The molecule has 0 aliphatic rings. The second-order valence-corrected chi connectivity index (χ2v) is 4.66. The first kappa shape index (κ1) is 14.9. The average Bonchev–Trinajstić information content (AvgIpc) is 2.32. The van der Waals surface area contributed by atoms with Crippen molar-refractivity contribution < 1.29 is 19.4 Å². The summed E-state index contributed by atoms with van der Waals surface area (Å²) >= 11 is 3.35. The Bertz CT molecular complexity index is 436. The van der Waals surface area contributed by atoms with Gasteiger partial charge in [-0.05, 0) is 17.7 Å². The van der Waals surface area contributed by atoms with E-state index in [0.717, 1.165) is 10.0 Å². The van der Waals surface area contributed by atoms with E-state index >= 15 is 0 Å². The van der Waals surface area contributed by atoms with Crippen LogP contribution in [0, 0.1) is 0 Å². The third-order valence-electron chi connectivity index (χ3n) is 2.59. The van der Waals surface area contributed by atoms with E-state index in [1.807, 2.05) is 6.07 Å². The summed E-state index contributed by atoms with van der Waals surface area (Å²) in [6.45, 7) is 0.305. The summed E-state index contributed by atoms with van der Waals surface area (Å²) in [5.41, 5.74) is 6.86. The number of nitrogens with two attached hydrogens (primary N) is 1. The molecule has 0 radical (unpaired) electrons. The van der Waals surface area contributed by atoms with Gasteiger partial charge < -0.3 is 20.3 Å². The van der Waals surface area contributed by atoms with Gasteiger partial charge in [-0.15, -0.1) is 0 Å². The summed E-state index contributed by atoms with van der Waals surface area (Å²) < 4.78 is 11.1. The Morgan fingerprint density at radius 3 is 2.61 bits per heavy atom. The topological polar surface area (TPSA) is 81.8 Å². The number of carbonyl (C=O) groups is 1. The Labute approximate surface area is 114 Å². The Balaban J connectivity index is 3.40. The molecule has 1 unspecified atom stereocenters. The van der Waals surface area contributed by atoms with Crippen molar-refractivity contribution in [2.75, 3.05) is 20.8 Å². The molecule has 1 rings (SSSR count). The largest absolute Gasteiger partial charge is 0.496 e. The van der Waals surface area contributed by atoms with Crippen molar-refractivity contribution in [1.29, 1.82) is 0 Å². The van der Waals surface area contributed by atoms with Gasteiger partial charge in [0.1, 0.15) is 5.75 Å². The maximum Gasteiger partial charge on any atom is 0.312 e. The maximum atomic E-state index is 11.3. The number of benzene rings is 1. The van der Waals surface area contributed by atoms with Crippen LogP contribution < -0.4 is 10.5 Å². The van der Waals surface area contributed by atoms with Crippen LogP contribution in [0.15, 0.2) is 16.6 Å². The van der Waals surface area contributed by atoms with Crippen molar-refractivity contribution >= 4 is 21.9 Å². The van der Waals surface area contributed by atoms with Crippen molar-refractivity contribution in [2.45, 2.75) is 12.5 Å².